The maximum absolute atomic E-state index is 9.21. The van der Waals surface area contributed by atoms with Gasteiger partial charge in [-0.2, -0.15) is 5.26 Å². The summed E-state index contributed by atoms with van der Waals surface area (Å²) in [7, 11) is 0. The van der Waals surface area contributed by atoms with Crippen molar-refractivity contribution in [2.45, 2.75) is 13.8 Å². The van der Waals surface area contributed by atoms with Crippen molar-refractivity contribution in [3.63, 3.8) is 0 Å². The van der Waals surface area contributed by atoms with E-state index in [1.165, 1.54) is 27.7 Å². The number of hydrogen-bond donors (Lipinski definition) is 0. The second-order valence-corrected chi connectivity index (χ2v) is 12.5. The van der Waals surface area contributed by atoms with Crippen LogP contribution in [-0.2, 0) is 0 Å². The largest absolute Gasteiger partial charge is 0.314 e. The molecule has 0 spiro atoms. The van der Waals surface area contributed by atoms with Crippen molar-refractivity contribution in [2.75, 3.05) is 4.90 Å². The lowest BCUT2D eigenvalue weighted by atomic mass is 10.0. The number of aromatic nitrogens is 2. The molecule has 0 atom stereocenters. The number of rotatable bonds is 7. The summed E-state index contributed by atoms with van der Waals surface area (Å²) >= 11 is 0. The van der Waals surface area contributed by atoms with Crippen LogP contribution in [0.4, 0.5) is 17.1 Å². The number of benzene rings is 6. The number of nitriles is 1. The second-order valence-electron chi connectivity index (χ2n) is 12.5. The highest BCUT2D eigenvalue weighted by Gasteiger charge is 2.15. The quantitative estimate of drug-likeness (QED) is 0.174. The zero-order chi connectivity index (χ0) is 34.0. The first-order valence-corrected chi connectivity index (χ1v) is 16.8. The Labute approximate surface area is 292 Å². The first kappa shape index (κ1) is 30.6. The molecule has 0 aliphatic carbocycles. The van der Waals surface area contributed by atoms with E-state index in [1.807, 2.05) is 36.5 Å². The number of pyridine rings is 1. The summed E-state index contributed by atoms with van der Waals surface area (Å²) in [5.74, 6) is 0. The molecule has 8 aromatic rings. The minimum Gasteiger partial charge on any atom is -0.314 e. The van der Waals surface area contributed by atoms with Gasteiger partial charge in [-0.05, 0) is 126 Å². The van der Waals surface area contributed by atoms with Crippen LogP contribution in [0.5, 0.6) is 0 Å². The van der Waals surface area contributed by atoms with Crippen LogP contribution in [0.3, 0.4) is 0 Å². The molecule has 4 nitrogen and oxygen atoms in total. The van der Waals surface area contributed by atoms with Crippen molar-refractivity contribution in [1.29, 1.82) is 5.26 Å². The molecule has 0 amide bonds. The molecule has 0 bridgehead atoms. The fourth-order valence-corrected chi connectivity index (χ4v) is 6.79. The maximum atomic E-state index is 9.21. The molecule has 238 valence electrons. The van der Waals surface area contributed by atoms with Gasteiger partial charge in [-0.25, -0.2) is 0 Å². The number of nitrogens with zero attached hydrogens (tertiary/aromatic N) is 4. The Morgan fingerprint density at radius 2 is 1.00 bits per heavy atom. The smallest absolute Gasteiger partial charge is 0.0991 e. The van der Waals surface area contributed by atoms with Gasteiger partial charge in [0.15, 0.2) is 0 Å². The van der Waals surface area contributed by atoms with Crippen molar-refractivity contribution in [2.24, 2.45) is 0 Å². The Kier molecular flexibility index (Phi) is 8.00. The van der Waals surface area contributed by atoms with Crippen molar-refractivity contribution in [1.82, 2.24) is 9.55 Å². The molecular formula is C46H34N4. The Hall–Kier alpha value is -6.70. The maximum Gasteiger partial charge on any atom is 0.0991 e. The molecule has 0 radical (unpaired) electrons. The Morgan fingerprint density at radius 1 is 0.520 bits per heavy atom. The SMILES string of the molecule is Cc1c(C)n(-c2ccc(-c3ccc(N(c4ccc(-c5ccc(C#N)cc5)cc4)c4ccc(-c5cccnc5)cc4)cc3)cc2)c2ccccc12. The minimum absolute atomic E-state index is 0.658. The molecule has 0 saturated carbocycles. The van der Waals surface area contributed by atoms with Gasteiger partial charge in [0, 0.05) is 46.2 Å². The van der Waals surface area contributed by atoms with E-state index in [0.717, 1.165) is 50.6 Å². The number of hydrogen-bond acceptors (Lipinski definition) is 3. The molecule has 8 rings (SSSR count). The van der Waals surface area contributed by atoms with Crippen molar-refractivity contribution < 1.29 is 0 Å². The van der Waals surface area contributed by atoms with E-state index in [4.69, 9.17) is 0 Å². The zero-order valence-electron chi connectivity index (χ0n) is 28.0. The van der Waals surface area contributed by atoms with Crippen molar-refractivity contribution in [3.05, 3.63) is 187 Å². The predicted molar refractivity (Wildman–Crippen MR) is 206 cm³/mol. The van der Waals surface area contributed by atoms with Gasteiger partial charge < -0.3 is 9.47 Å². The van der Waals surface area contributed by atoms with Crippen molar-refractivity contribution in [3.8, 4) is 45.1 Å². The van der Waals surface area contributed by atoms with E-state index in [9.17, 15) is 5.26 Å². The summed E-state index contributed by atoms with van der Waals surface area (Å²) in [5.41, 5.74) is 15.5. The highest BCUT2D eigenvalue weighted by atomic mass is 15.1. The number of para-hydroxylation sites is 1. The van der Waals surface area contributed by atoms with E-state index in [0.29, 0.717) is 5.56 Å². The average molecular weight is 643 g/mol. The molecular weight excluding hydrogens is 609 g/mol. The van der Waals surface area contributed by atoms with Crippen LogP contribution in [0.2, 0.25) is 0 Å². The summed E-state index contributed by atoms with van der Waals surface area (Å²) in [4.78, 5) is 6.58. The first-order valence-electron chi connectivity index (χ1n) is 16.8. The molecule has 4 heteroatoms. The summed E-state index contributed by atoms with van der Waals surface area (Å²) in [5, 5.41) is 10.5. The van der Waals surface area contributed by atoms with Crippen LogP contribution in [0.1, 0.15) is 16.8 Å². The monoisotopic (exact) mass is 642 g/mol. The third-order valence-corrected chi connectivity index (χ3v) is 9.60. The van der Waals surface area contributed by atoms with Gasteiger partial charge in [0.05, 0.1) is 17.1 Å². The predicted octanol–water partition coefficient (Wildman–Crippen LogP) is 12.0. The van der Waals surface area contributed by atoms with Gasteiger partial charge >= 0.3 is 0 Å². The standard InChI is InChI=1S/C46H34N4/c1-32-33(2)49(46-8-4-3-7-45(32)46)41-21-13-37(14-22-41)38-17-25-43(26-18-38)50(44-27-19-39(20-28-44)40-6-5-29-48-31-40)42-23-15-36(16-24-42)35-11-9-34(30-47)10-12-35/h3-29,31H,1-2H3. The molecule has 0 fully saturated rings. The van der Waals surface area contributed by atoms with E-state index >= 15 is 0 Å². The van der Waals surface area contributed by atoms with E-state index < -0.39 is 0 Å². The Morgan fingerprint density at radius 3 is 1.50 bits per heavy atom. The molecule has 0 saturated heterocycles. The van der Waals surface area contributed by atoms with Crippen LogP contribution in [0, 0.1) is 25.2 Å². The van der Waals surface area contributed by atoms with Crippen LogP contribution in [0.25, 0.3) is 50.0 Å². The topological polar surface area (TPSA) is 44.9 Å². The van der Waals surface area contributed by atoms with Crippen LogP contribution in [-0.4, -0.2) is 9.55 Å². The summed E-state index contributed by atoms with van der Waals surface area (Å²) in [6.45, 7) is 4.40. The van der Waals surface area contributed by atoms with Gasteiger partial charge in [0.1, 0.15) is 0 Å². The van der Waals surface area contributed by atoms with E-state index in [1.54, 1.807) is 6.20 Å². The third-order valence-electron chi connectivity index (χ3n) is 9.60. The Balaban J connectivity index is 1.12. The van der Waals surface area contributed by atoms with Crippen LogP contribution >= 0.6 is 0 Å². The van der Waals surface area contributed by atoms with Gasteiger partial charge in [-0.3, -0.25) is 4.98 Å². The molecule has 0 N–H and O–H groups in total. The lowest BCUT2D eigenvalue weighted by Crippen LogP contribution is -2.09. The fraction of sp³-hybridized carbons (Fsp3) is 0.0435. The second kappa shape index (κ2) is 13.1. The molecule has 2 aromatic heterocycles. The van der Waals surface area contributed by atoms with Gasteiger partial charge in [0.25, 0.3) is 0 Å². The number of anilines is 3. The highest BCUT2D eigenvalue weighted by molar-refractivity contribution is 5.87. The normalized spacial score (nSPS) is 11.0. The van der Waals surface area contributed by atoms with E-state index in [2.05, 4.69) is 162 Å². The van der Waals surface area contributed by atoms with Crippen LogP contribution in [0.15, 0.2) is 170 Å². The molecule has 0 aliphatic rings. The lowest BCUT2D eigenvalue weighted by Gasteiger charge is -2.26. The van der Waals surface area contributed by atoms with Gasteiger partial charge in [0.2, 0.25) is 0 Å². The lowest BCUT2D eigenvalue weighted by molar-refractivity contribution is 1.04. The molecule has 2 heterocycles. The highest BCUT2D eigenvalue weighted by Crippen LogP contribution is 2.38. The molecule has 0 unspecified atom stereocenters. The van der Waals surface area contributed by atoms with Crippen LogP contribution < -0.4 is 4.90 Å². The molecule has 6 aromatic carbocycles. The van der Waals surface area contributed by atoms with Gasteiger partial charge in [-0.15, -0.1) is 0 Å². The zero-order valence-corrected chi connectivity index (χ0v) is 28.0. The number of aryl methyl sites for hydroxylation is 1. The molecule has 50 heavy (non-hydrogen) atoms. The third kappa shape index (κ3) is 5.72. The average Bonchev–Trinajstić information content (AvgIpc) is 3.45. The summed E-state index contributed by atoms with van der Waals surface area (Å²) in [6.07, 6.45) is 3.69. The first-order chi connectivity index (χ1) is 24.6. The van der Waals surface area contributed by atoms with Crippen molar-refractivity contribution >= 4 is 28.0 Å². The molecule has 0 aliphatic heterocycles. The number of fused-ring (bicyclic) bond motifs is 1. The van der Waals surface area contributed by atoms with E-state index in [-0.39, 0.29) is 0 Å². The summed E-state index contributed by atoms with van der Waals surface area (Å²) in [6, 6.07) is 57.4. The fourth-order valence-electron chi connectivity index (χ4n) is 6.79. The van der Waals surface area contributed by atoms with Gasteiger partial charge in [-0.1, -0.05) is 84.9 Å². The summed E-state index contributed by atoms with van der Waals surface area (Å²) < 4.78 is 2.35. The minimum atomic E-state index is 0.658. The Bertz CT molecular complexity index is 2450.